The summed E-state index contributed by atoms with van der Waals surface area (Å²) in [7, 11) is 0. The van der Waals surface area contributed by atoms with Gasteiger partial charge in [-0.2, -0.15) is 0 Å². The van der Waals surface area contributed by atoms with Crippen LogP contribution in [0.15, 0.2) is 24.3 Å². The molecule has 1 N–H and O–H groups in total. The molecule has 1 saturated heterocycles. The van der Waals surface area contributed by atoms with E-state index in [0.717, 1.165) is 17.4 Å². The fourth-order valence-corrected chi connectivity index (χ4v) is 4.42. The van der Waals surface area contributed by atoms with Crippen molar-refractivity contribution in [3.8, 4) is 0 Å². The van der Waals surface area contributed by atoms with Crippen LogP contribution in [0.5, 0.6) is 0 Å². The maximum absolute atomic E-state index is 13.7. The van der Waals surface area contributed by atoms with Gasteiger partial charge in [-0.25, -0.2) is 8.78 Å². The molecule has 0 bridgehead atoms. The number of nitrogens with zero attached hydrogens (tertiary/aromatic N) is 2. The molecule has 150 valence electrons. The first-order valence-corrected chi connectivity index (χ1v) is 10.1. The quantitative estimate of drug-likeness (QED) is 0.766. The summed E-state index contributed by atoms with van der Waals surface area (Å²) in [6.07, 6.45) is 0.680. The average molecular weight is 448 g/mol. The molecule has 2 heterocycles. The Bertz CT molecular complexity index is 894. The van der Waals surface area contributed by atoms with E-state index in [0.29, 0.717) is 52.9 Å². The van der Waals surface area contributed by atoms with Gasteiger partial charge in [0.1, 0.15) is 16.0 Å². The lowest BCUT2D eigenvalue weighted by molar-refractivity contribution is -0.117. The van der Waals surface area contributed by atoms with Gasteiger partial charge in [0.05, 0.1) is 22.1 Å². The lowest BCUT2D eigenvalue weighted by Crippen LogP contribution is -2.38. The van der Waals surface area contributed by atoms with Crippen LogP contribution in [0.4, 0.5) is 14.5 Å². The molecule has 28 heavy (non-hydrogen) atoms. The van der Waals surface area contributed by atoms with Gasteiger partial charge < -0.3 is 10.2 Å². The number of halogens is 4. The summed E-state index contributed by atoms with van der Waals surface area (Å²) in [6, 6.07) is 4.54. The molecule has 1 aliphatic rings. The van der Waals surface area contributed by atoms with E-state index < -0.39 is 17.5 Å². The minimum Gasteiger partial charge on any atom is -0.337 e. The lowest BCUT2D eigenvalue weighted by atomic mass is 10.3. The Kier molecular flexibility index (Phi) is 6.87. The number of anilines is 1. The third-order valence-corrected chi connectivity index (χ3v) is 5.82. The summed E-state index contributed by atoms with van der Waals surface area (Å²) in [6.45, 7) is 2.11. The molecule has 0 atom stereocenters. The highest BCUT2D eigenvalue weighted by Gasteiger charge is 2.24. The molecule has 3 rings (SSSR count). The minimum absolute atomic E-state index is 0.0455. The Hall–Kier alpha value is -1.74. The molecule has 0 aliphatic carbocycles. The minimum atomic E-state index is -0.827. The molecule has 1 aromatic carbocycles. The lowest BCUT2D eigenvalue weighted by Gasteiger charge is -2.21. The van der Waals surface area contributed by atoms with Gasteiger partial charge in [0.2, 0.25) is 5.91 Å². The Labute approximate surface area is 174 Å². The fraction of sp³-hybridized carbons (Fsp3) is 0.333. The van der Waals surface area contributed by atoms with E-state index >= 15 is 0 Å². The summed E-state index contributed by atoms with van der Waals surface area (Å²) in [5.41, 5.74) is 0.316. The largest absolute Gasteiger partial charge is 0.337 e. The molecule has 0 radical (unpaired) electrons. The highest BCUT2D eigenvalue weighted by Crippen LogP contribution is 2.32. The number of rotatable bonds is 4. The zero-order chi connectivity index (χ0) is 20.3. The van der Waals surface area contributed by atoms with Gasteiger partial charge in [0, 0.05) is 32.2 Å². The summed E-state index contributed by atoms with van der Waals surface area (Å²) in [4.78, 5) is 28.4. The Morgan fingerprint density at radius 1 is 1.11 bits per heavy atom. The van der Waals surface area contributed by atoms with Gasteiger partial charge >= 0.3 is 0 Å². The van der Waals surface area contributed by atoms with Crippen molar-refractivity contribution in [1.82, 2.24) is 9.80 Å². The molecular formula is C18H17Cl2F2N3O2S. The number of benzene rings is 1. The normalized spacial score (nSPS) is 15.4. The topological polar surface area (TPSA) is 52.7 Å². The molecular weight excluding hydrogens is 431 g/mol. The van der Waals surface area contributed by atoms with Crippen LogP contribution in [0.1, 0.15) is 16.8 Å². The van der Waals surface area contributed by atoms with Gasteiger partial charge in [0.25, 0.3) is 5.91 Å². The van der Waals surface area contributed by atoms with E-state index in [9.17, 15) is 18.4 Å². The zero-order valence-corrected chi connectivity index (χ0v) is 17.0. The van der Waals surface area contributed by atoms with Gasteiger partial charge in [0.15, 0.2) is 0 Å². The van der Waals surface area contributed by atoms with E-state index in [1.807, 2.05) is 4.90 Å². The van der Waals surface area contributed by atoms with Crippen molar-refractivity contribution < 1.29 is 18.4 Å². The first kappa shape index (κ1) is 21.0. The number of hydrogen-bond donors (Lipinski definition) is 1. The Balaban J connectivity index is 1.55. The van der Waals surface area contributed by atoms with Crippen LogP contribution < -0.4 is 5.32 Å². The highest BCUT2D eigenvalue weighted by molar-refractivity contribution is 7.20. The first-order chi connectivity index (χ1) is 13.3. The predicted molar refractivity (Wildman–Crippen MR) is 106 cm³/mol. The summed E-state index contributed by atoms with van der Waals surface area (Å²) >= 11 is 13.1. The smallest absolute Gasteiger partial charge is 0.256 e. The standard InChI is InChI=1S/C18H17Cl2F2N3O2S/c19-15-9-12(17(20)28-15)18(27)25-5-1-4-24(6-7-25)10-16(26)23-14-3-2-11(21)8-13(14)22/h2-3,8-9H,1,4-7,10H2,(H,23,26). The molecule has 2 amide bonds. The average Bonchev–Trinajstić information content (AvgIpc) is 2.82. The second kappa shape index (κ2) is 9.17. The van der Waals surface area contributed by atoms with E-state index in [1.165, 1.54) is 6.07 Å². The fourth-order valence-electron chi connectivity index (χ4n) is 2.97. The van der Waals surface area contributed by atoms with Crippen molar-refractivity contribution in [2.24, 2.45) is 0 Å². The number of thiophene rings is 1. The van der Waals surface area contributed by atoms with E-state index in [2.05, 4.69) is 5.32 Å². The molecule has 2 aromatic rings. The molecule has 10 heteroatoms. The summed E-state index contributed by atoms with van der Waals surface area (Å²) in [5, 5.41) is 2.44. The van der Waals surface area contributed by atoms with Crippen LogP contribution in [0.3, 0.4) is 0 Å². The molecule has 0 saturated carbocycles. The third-order valence-electron chi connectivity index (χ3n) is 4.34. The number of hydrogen-bond acceptors (Lipinski definition) is 4. The summed E-state index contributed by atoms with van der Waals surface area (Å²) in [5.74, 6) is -2.13. The summed E-state index contributed by atoms with van der Waals surface area (Å²) < 4.78 is 27.4. The molecule has 1 aliphatic heterocycles. The van der Waals surface area contributed by atoms with Crippen molar-refractivity contribution in [3.05, 3.63) is 50.1 Å². The van der Waals surface area contributed by atoms with Crippen molar-refractivity contribution in [2.75, 3.05) is 38.0 Å². The van der Waals surface area contributed by atoms with Crippen LogP contribution in [0, 0.1) is 11.6 Å². The highest BCUT2D eigenvalue weighted by atomic mass is 35.5. The van der Waals surface area contributed by atoms with Crippen LogP contribution >= 0.6 is 34.5 Å². The second-order valence-electron chi connectivity index (χ2n) is 6.33. The SMILES string of the molecule is O=C(CN1CCCN(C(=O)c2cc(Cl)sc2Cl)CC1)Nc1ccc(F)cc1F. The molecule has 1 fully saturated rings. The van der Waals surface area contributed by atoms with Crippen molar-refractivity contribution >= 4 is 52.0 Å². The first-order valence-electron chi connectivity index (χ1n) is 8.55. The van der Waals surface area contributed by atoms with Crippen molar-refractivity contribution in [2.45, 2.75) is 6.42 Å². The third kappa shape index (κ3) is 5.20. The van der Waals surface area contributed by atoms with Crippen LogP contribution in [0.2, 0.25) is 8.67 Å². The molecule has 0 spiro atoms. The van der Waals surface area contributed by atoms with Crippen LogP contribution in [0.25, 0.3) is 0 Å². The predicted octanol–water partition coefficient (Wildman–Crippen LogP) is 4.12. The van der Waals surface area contributed by atoms with Gasteiger partial charge in [-0.05, 0) is 24.6 Å². The van der Waals surface area contributed by atoms with Gasteiger partial charge in [-0.1, -0.05) is 23.2 Å². The van der Waals surface area contributed by atoms with E-state index in [1.54, 1.807) is 11.0 Å². The van der Waals surface area contributed by atoms with E-state index in [-0.39, 0.29) is 18.1 Å². The van der Waals surface area contributed by atoms with Crippen LogP contribution in [-0.4, -0.2) is 54.3 Å². The Morgan fingerprint density at radius 2 is 1.89 bits per heavy atom. The van der Waals surface area contributed by atoms with Crippen LogP contribution in [-0.2, 0) is 4.79 Å². The number of nitrogens with one attached hydrogen (secondary N) is 1. The second-order valence-corrected chi connectivity index (χ2v) is 8.62. The monoisotopic (exact) mass is 447 g/mol. The number of carbonyl (C=O) groups is 2. The van der Waals surface area contributed by atoms with Crippen molar-refractivity contribution in [1.29, 1.82) is 0 Å². The van der Waals surface area contributed by atoms with Gasteiger partial charge in [-0.15, -0.1) is 11.3 Å². The maximum Gasteiger partial charge on any atom is 0.256 e. The Morgan fingerprint density at radius 3 is 2.57 bits per heavy atom. The van der Waals surface area contributed by atoms with Gasteiger partial charge in [-0.3, -0.25) is 14.5 Å². The van der Waals surface area contributed by atoms with E-state index in [4.69, 9.17) is 23.2 Å². The maximum atomic E-state index is 13.7. The molecule has 5 nitrogen and oxygen atoms in total. The van der Waals surface area contributed by atoms with Crippen molar-refractivity contribution in [3.63, 3.8) is 0 Å². The number of carbonyl (C=O) groups excluding carboxylic acids is 2. The molecule has 1 aromatic heterocycles. The molecule has 0 unspecified atom stereocenters. The zero-order valence-electron chi connectivity index (χ0n) is 14.7. The number of amides is 2.